The third-order valence-electron chi connectivity index (χ3n) is 3.29. The minimum Gasteiger partial charge on any atom is -0.248 e. The van der Waals surface area contributed by atoms with Crippen LogP contribution in [0.25, 0.3) is 0 Å². The van der Waals surface area contributed by atoms with Crippen molar-refractivity contribution in [3.63, 3.8) is 0 Å². The van der Waals surface area contributed by atoms with E-state index in [4.69, 9.17) is 0 Å². The van der Waals surface area contributed by atoms with Gasteiger partial charge in [0.15, 0.2) is 29.6 Å². The standard InChI is InChI=1S/C12H9F4N3OS/c13-5-21(20)12-17-11-8(15)4-9(19(11)18-12)6-2-1-3-7(14)10(6)16/h1-3,8-9H,4-5H2/t8-,9-,21-/m0/s1. The Balaban J connectivity index is 2.07. The molecule has 0 radical (unpaired) electrons. The van der Waals surface area contributed by atoms with E-state index in [-0.39, 0.29) is 23.0 Å². The number of hydrogen-bond acceptors (Lipinski definition) is 3. The average molecular weight is 319 g/mol. The molecular formula is C12H9F4N3OS. The lowest BCUT2D eigenvalue weighted by Crippen LogP contribution is -2.11. The SMILES string of the molecule is O=[S@@](CF)c1nc2n(n1)[C@H](c1cccc(F)c1F)C[C@@H]2F. The predicted octanol–water partition coefficient (Wildman–Crippen LogP) is 2.59. The summed E-state index contributed by atoms with van der Waals surface area (Å²) in [6.07, 6.45) is -1.71. The summed E-state index contributed by atoms with van der Waals surface area (Å²) >= 11 is 0. The first-order chi connectivity index (χ1) is 10.0. The number of fused-ring (bicyclic) bond motifs is 1. The Kier molecular flexibility index (Phi) is 3.52. The van der Waals surface area contributed by atoms with E-state index in [1.54, 1.807) is 0 Å². The van der Waals surface area contributed by atoms with Crippen molar-refractivity contribution >= 4 is 10.8 Å². The van der Waals surface area contributed by atoms with Gasteiger partial charge in [-0.25, -0.2) is 31.4 Å². The number of nitrogens with zero attached hydrogens (tertiary/aromatic N) is 3. The van der Waals surface area contributed by atoms with E-state index in [0.717, 1.165) is 10.7 Å². The molecule has 0 fully saturated rings. The first kappa shape index (κ1) is 14.2. The van der Waals surface area contributed by atoms with Crippen LogP contribution in [0.2, 0.25) is 0 Å². The summed E-state index contributed by atoms with van der Waals surface area (Å²) in [5, 5.41) is 3.43. The number of alkyl halides is 2. The zero-order valence-corrected chi connectivity index (χ0v) is 11.3. The van der Waals surface area contributed by atoms with E-state index in [9.17, 15) is 21.8 Å². The highest BCUT2D eigenvalue weighted by molar-refractivity contribution is 7.84. The molecule has 1 aliphatic heterocycles. The molecule has 0 spiro atoms. The van der Waals surface area contributed by atoms with Crippen LogP contribution in [0.15, 0.2) is 23.4 Å². The van der Waals surface area contributed by atoms with Crippen LogP contribution in [-0.2, 0) is 10.8 Å². The van der Waals surface area contributed by atoms with Gasteiger partial charge in [0, 0.05) is 12.0 Å². The molecule has 2 aromatic rings. The van der Waals surface area contributed by atoms with Gasteiger partial charge in [-0.1, -0.05) is 12.1 Å². The molecule has 1 aromatic carbocycles. The maximum absolute atomic E-state index is 13.9. The molecule has 21 heavy (non-hydrogen) atoms. The van der Waals surface area contributed by atoms with Gasteiger partial charge in [-0.05, 0) is 6.07 Å². The molecule has 1 aliphatic rings. The van der Waals surface area contributed by atoms with Crippen LogP contribution in [0.3, 0.4) is 0 Å². The van der Waals surface area contributed by atoms with E-state index >= 15 is 0 Å². The molecule has 4 nitrogen and oxygen atoms in total. The highest BCUT2D eigenvalue weighted by atomic mass is 32.2. The summed E-state index contributed by atoms with van der Waals surface area (Å²) < 4.78 is 65.8. The lowest BCUT2D eigenvalue weighted by atomic mass is 10.0. The van der Waals surface area contributed by atoms with Crippen molar-refractivity contribution < 1.29 is 21.8 Å². The largest absolute Gasteiger partial charge is 0.248 e. The van der Waals surface area contributed by atoms with Crippen LogP contribution >= 0.6 is 0 Å². The number of benzene rings is 1. The maximum Gasteiger partial charge on any atom is 0.241 e. The molecule has 0 unspecified atom stereocenters. The molecular weight excluding hydrogens is 310 g/mol. The van der Waals surface area contributed by atoms with Crippen molar-refractivity contribution in [3.8, 4) is 0 Å². The molecule has 0 N–H and O–H groups in total. The lowest BCUT2D eigenvalue weighted by molar-refractivity contribution is 0.324. The average Bonchev–Trinajstić information content (AvgIpc) is 3.02. The van der Waals surface area contributed by atoms with E-state index in [2.05, 4.69) is 10.1 Å². The normalized spacial score (nSPS) is 22.3. The lowest BCUT2D eigenvalue weighted by Gasteiger charge is -2.12. The van der Waals surface area contributed by atoms with Crippen molar-refractivity contribution in [3.05, 3.63) is 41.2 Å². The Morgan fingerprint density at radius 2 is 2.14 bits per heavy atom. The second kappa shape index (κ2) is 5.21. The minimum absolute atomic E-state index is 0.0705. The van der Waals surface area contributed by atoms with Gasteiger partial charge in [0.2, 0.25) is 5.16 Å². The second-order valence-electron chi connectivity index (χ2n) is 4.51. The molecule has 0 saturated carbocycles. The molecule has 3 rings (SSSR count). The predicted molar refractivity (Wildman–Crippen MR) is 65.4 cm³/mol. The fourth-order valence-electron chi connectivity index (χ4n) is 2.34. The van der Waals surface area contributed by atoms with Crippen molar-refractivity contribution in [1.82, 2.24) is 14.8 Å². The van der Waals surface area contributed by atoms with Gasteiger partial charge in [-0.15, -0.1) is 5.10 Å². The van der Waals surface area contributed by atoms with Crippen LogP contribution in [0.4, 0.5) is 17.6 Å². The summed E-state index contributed by atoms with van der Waals surface area (Å²) in [4.78, 5) is 3.69. The topological polar surface area (TPSA) is 47.8 Å². The molecule has 2 heterocycles. The summed E-state index contributed by atoms with van der Waals surface area (Å²) in [6.45, 7) is 0. The molecule has 9 heteroatoms. The number of rotatable bonds is 3. The van der Waals surface area contributed by atoms with E-state index in [1.807, 2.05) is 0 Å². The van der Waals surface area contributed by atoms with Crippen molar-refractivity contribution in [2.24, 2.45) is 0 Å². The zero-order chi connectivity index (χ0) is 15.1. The Morgan fingerprint density at radius 3 is 2.86 bits per heavy atom. The van der Waals surface area contributed by atoms with E-state index in [1.165, 1.54) is 12.1 Å². The Labute approximate surface area is 119 Å². The smallest absolute Gasteiger partial charge is 0.241 e. The summed E-state index contributed by atoms with van der Waals surface area (Å²) in [7, 11) is -2.09. The molecule has 0 amide bonds. The van der Waals surface area contributed by atoms with Crippen LogP contribution in [-0.4, -0.2) is 25.0 Å². The van der Waals surface area contributed by atoms with Gasteiger partial charge in [0.05, 0.1) is 6.04 Å². The first-order valence-electron chi connectivity index (χ1n) is 6.01. The number of hydrogen-bond donors (Lipinski definition) is 0. The molecule has 0 saturated heterocycles. The van der Waals surface area contributed by atoms with Crippen molar-refractivity contribution in [1.29, 1.82) is 0 Å². The Bertz CT molecular complexity index is 721. The molecule has 112 valence electrons. The van der Waals surface area contributed by atoms with E-state index in [0.29, 0.717) is 0 Å². The fraction of sp³-hybridized carbons (Fsp3) is 0.333. The summed E-state index contributed by atoms with van der Waals surface area (Å²) in [6, 6.07) is 1.48. The third kappa shape index (κ3) is 2.25. The number of halogens is 4. The second-order valence-corrected chi connectivity index (χ2v) is 5.79. The number of aromatic nitrogens is 3. The van der Waals surface area contributed by atoms with Gasteiger partial charge >= 0.3 is 0 Å². The van der Waals surface area contributed by atoms with Crippen LogP contribution in [0.1, 0.15) is 30.0 Å². The molecule has 3 atom stereocenters. The van der Waals surface area contributed by atoms with Crippen molar-refractivity contribution in [2.45, 2.75) is 23.8 Å². The van der Waals surface area contributed by atoms with Crippen LogP contribution < -0.4 is 0 Å². The first-order valence-corrected chi connectivity index (χ1v) is 7.33. The van der Waals surface area contributed by atoms with Gasteiger partial charge < -0.3 is 0 Å². The van der Waals surface area contributed by atoms with Crippen LogP contribution in [0, 0.1) is 11.6 Å². The van der Waals surface area contributed by atoms with Gasteiger partial charge in [0.1, 0.15) is 10.8 Å². The van der Waals surface area contributed by atoms with Gasteiger partial charge in [-0.3, -0.25) is 0 Å². The molecule has 0 bridgehead atoms. The highest BCUT2D eigenvalue weighted by Crippen LogP contribution is 2.40. The summed E-state index contributed by atoms with van der Waals surface area (Å²) in [5.74, 6) is -2.30. The molecule has 0 aliphatic carbocycles. The van der Waals surface area contributed by atoms with Crippen LogP contribution in [0.5, 0.6) is 0 Å². The highest BCUT2D eigenvalue weighted by Gasteiger charge is 2.37. The Hall–Kier alpha value is -1.77. The zero-order valence-electron chi connectivity index (χ0n) is 10.5. The third-order valence-corrected chi connectivity index (χ3v) is 4.07. The van der Waals surface area contributed by atoms with Gasteiger partial charge in [0.25, 0.3) is 0 Å². The molecule has 1 aromatic heterocycles. The minimum atomic E-state index is -2.09. The van der Waals surface area contributed by atoms with Crippen molar-refractivity contribution in [2.75, 3.05) is 6.01 Å². The maximum atomic E-state index is 13.9. The quantitative estimate of drug-likeness (QED) is 0.817. The summed E-state index contributed by atoms with van der Waals surface area (Å²) in [5.41, 5.74) is -0.0705. The Morgan fingerprint density at radius 1 is 1.38 bits per heavy atom. The fourth-order valence-corrected chi connectivity index (χ4v) is 2.81. The van der Waals surface area contributed by atoms with E-state index < -0.39 is 40.7 Å². The van der Waals surface area contributed by atoms with Gasteiger partial charge in [-0.2, -0.15) is 0 Å². The monoisotopic (exact) mass is 319 g/mol.